The molecule has 3 aromatic heterocycles. The molecule has 12 nitrogen and oxygen atoms in total. The summed E-state index contributed by atoms with van der Waals surface area (Å²) in [6.07, 6.45) is -0.173. The van der Waals surface area contributed by atoms with E-state index in [0.29, 0.717) is 39.6 Å². The first-order chi connectivity index (χ1) is 19.9. The molecule has 0 saturated carbocycles. The summed E-state index contributed by atoms with van der Waals surface area (Å²) in [5, 5.41) is 10.7. The van der Waals surface area contributed by atoms with Crippen molar-refractivity contribution in [2.75, 3.05) is 25.2 Å². The summed E-state index contributed by atoms with van der Waals surface area (Å²) in [5.74, 6) is 0.885. The number of benzene rings is 3. The Morgan fingerprint density at radius 3 is 2.90 bits per heavy atom. The highest BCUT2D eigenvalue weighted by molar-refractivity contribution is 7.22. The molecule has 0 saturated heterocycles. The summed E-state index contributed by atoms with van der Waals surface area (Å²) in [6.45, 7) is 2.12. The molecule has 41 heavy (non-hydrogen) atoms. The standard InChI is InChI=1S/C28H21N5O7S/c1-13-7-16(23-19(8-13)30-22(37-2)10-29-23)26-31-18-5-6-20-24(25(18)41-26)38-12-15(39-20)11-33(28(35)36)14-3-4-17-21(9-14)40-27(34)32-17/h3-10,15H,11-12H2,1-2H3,(H,32,34)(H,35,36)/t15-/m1/s1. The molecule has 1 atom stereocenters. The second kappa shape index (κ2) is 9.48. The van der Waals surface area contributed by atoms with Gasteiger partial charge in [0, 0.05) is 11.6 Å². The SMILES string of the molecule is COc1cnc2c(-c3nc4ccc5c(c4s3)OC[C@@H](CN(C(=O)O)c3ccc4[nH]c(=O)oc4c3)O5)cc(C)cc2n1. The first-order valence-electron chi connectivity index (χ1n) is 12.5. The van der Waals surface area contributed by atoms with E-state index in [9.17, 15) is 14.7 Å². The molecule has 0 unspecified atom stereocenters. The maximum atomic E-state index is 12.1. The zero-order valence-corrected chi connectivity index (χ0v) is 22.5. The van der Waals surface area contributed by atoms with Crippen molar-refractivity contribution in [1.82, 2.24) is 19.9 Å². The van der Waals surface area contributed by atoms with E-state index < -0.39 is 18.0 Å². The summed E-state index contributed by atoms with van der Waals surface area (Å²) in [4.78, 5) is 41.3. The normalized spacial score (nSPS) is 14.5. The number of carbonyl (C=O) groups is 1. The van der Waals surface area contributed by atoms with Crippen molar-refractivity contribution in [1.29, 1.82) is 0 Å². The van der Waals surface area contributed by atoms with Crippen LogP contribution in [0.25, 0.3) is 42.9 Å². The third-order valence-electron chi connectivity index (χ3n) is 6.72. The molecule has 4 heterocycles. The van der Waals surface area contributed by atoms with Crippen molar-refractivity contribution in [3.8, 4) is 28.0 Å². The maximum Gasteiger partial charge on any atom is 0.417 e. The van der Waals surface area contributed by atoms with Gasteiger partial charge in [-0.15, -0.1) is 11.3 Å². The van der Waals surface area contributed by atoms with Crippen LogP contribution in [0.15, 0.2) is 57.9 Å². The van der Waals surface area contributed by atoms with Crippen LogP contribution in [-0.4, -0.2) is 57.5 Å². The van der Waals surface area contributed by atoms with E-state index in [1.807, 2.05) is 25.1 Å². The topological polar surface area (TPSA) is 153 Å². The van der Waals surface area contributed by atoms with Crippen molar-refractivity contribution in [3.05, 3.63) is 64.8 Å². The summed E-state index contributed by atoms with van der Waals surface area (Å²) < 4.78 is 23.5. The first kappa shape index (κ1) is 24.8. The Morgan fingerprint density at radius 1 is 1.20 bits per heavy atom. The lowest BCUT2D eigenvalue weighted by atomic mass is 10.1. The number of aromatic nitrogens is 4. The van der Waals surface area contributed by atoms with E-state index in [2.05, 4.69) is 15.0 Å². The Hall–Kier alpha value is -5.17. The molecular formula is C28H21N5O7S. The molecule has 206 valence electrons. The van der Waals surface area contributed by atoms with Gasteiger partial charge in [-0.05, 0) is 48.9 Å². The van der Waals surface area contributed by atoms with E-state index in [1.54, 1.807) is 31.5 Å². The van der Waals surface area contributed by atoms with Gasteiger partial charge in [0.25, 0.3) is 0 Å². The predicted octanol–water partition coefficient (Wildman–Crippen LogP) is 4.98. The highest BCUT2D eigenvalue weighted by Crippen LogP contribution is 2.44. The molecule has 0 radical (unpaired) electrons. The molecule has 0 aliphatic carbocycles. The molecule has 0 bridgehead atoms. The lowest BCUT2D eigenvalue weighted by Crippen LogP contribution is -2.43. The fourth-order valence-corrected chi connectivity index (χ4v) is 5.96. The number of hydrogen-bond acceptors (Lipinski definition) is 10. The summed E-state index contributed by atoms with van der Waals surface area (Å²) in [7, 11) is 1.55. The van der Waals surface area contributed by atoms with Crippen LogP contribution < -0.4 is 24.9 Å². The molecule has 0 spiro atoms. The van der Waals surface area contributed by atoms with Crippen LogP contribution in [-0.2, 0) is 0 Å². The number of anilines is 1. The molecule has 7 rings (SSSR count). The van der Waals surface area contributed by atoms with Crippen LogP contribution in [0.5, 0.6) is 17.4 Å². The van der Waals surface area contributed by atoms with Crippen LogP contribution in [0, 0.1) is 6.92 Å². The van der Waals surface area contributed by atoms with Crippen molar-refractivity contribution in [2.24, 2.45) is 0 Å². The number of carboxylic acid groups (broad SMARTS) is 1. The zero-order valence-electron chi connectivity index (χ0n) is 21.7. The number of methoxy groups -OCH3 is 1. The number of aryl methyl sites for hydroxylation is 1. The molecule has 1 amide bonds. The van der Waals surface area contributed by atoms with E-state index in [0.717, 1.165) is 31.3 Å². The Bertz CT molecular complexity index is 2050. The number of nitrogens with one attached hydrogen (secondary N) is 1. The van der Waals surface area contributed by atoms with Crippen LogP contribution in [0.2, 0.25) is 0 Å². The van der Waals surface area contributed by atoms with Gasteiger partial charge < -0.3 is 23.7 Å². The van der Waals surface area contributed by atoms with Crippen molar-refractivity contribution in [3.63, 3.8) is 0 Å². The summed E-state index contributed by atoms with van der Waals surface area (Å²) >= 11 is 1.46. The fourth-order valence-electron chi connectivity index (χ4n) is 4.88. The highest BCUT2D eigenvalue weighted by atomic mass is 32.1. The van der Waals surface area contributed by atoms with Crippen molar-refractivity contribution >= 4 is 55.5 Å². The molecule has 1 aliphatic heterocycles. The lowest BCUT2D eigenvalue weighted by Gasteiger charge is -2.30. The minimum Gasteiger partial charge on any atom is -0.484 e. The number of oxazole rings is 1. The van der Waals surface area contributed by atoms with Crippen molar-refractivity contribution in [2.45, 2.75) is 13.0 Å². The van der Waals surface area contributed by atoms with Gasteiger partial charge in [0.15, 0.2) is 23.2 Å². The number of ether oxygens (including phenoxy) is 3. The van der Waals surface area contributed by atoms with Crippen LogP contribution in [0.1, 0.15) is 5.56 Å². The monoisotopic (exact) mass is 571 g/mol. The van der Waals surface area contributed by atoms with E-state index in [-0.39, 0.29) is 18.7 Å². The third kappa shape index (κ3) is 4.36. The smallest absolute Gasteiger partial charge is 0.417 e. The molecule has 13 heteroatoms. The highest BCUT2D eigenvalue weighted by Gasteiger charge is 2.29. The number of fused-ring (bicyclic) bond motifs is 5. The van der Waals surface area contributed by atoms with Gasteiger partial charge in [-0.1, -0.05) is 0 Å². The number of aromatic amines is 1. The van der Waals surface area contributed by atoms with Gasteiger partial charge in [-0.3, -0.25) is 9.88 Å². The number of nitrogens with zero attached hydrogens (tertiary/aromatic N) is 4. The van der Waals surface area contributed by atoms with Gasteiger partial charge in [-0.25, -0.2) is 24.5 Å². The Kier molecular flexibility index (Phi) is 5.75. The Labute approximate surface area is 234 Å². The number of rotatable bonds is 5. The number of thiazole rings is 1. The first-order valence-corrected chi connectivity index (χ1v) is 13.4. The second-order valence-corrected chi connectivity index (χ2v) is 10.5. The third-order valence-corrected chi connectivity index (χ3v) is 7.83. The van der Waals surface area contributed by atoms with E-state index in [4.69, 9.17) is 23.6 Å². The number of hydrogen-bond donors (Lipinski definition) is 2. The van der Waals surface area contributed by atoms with Gasteiger partial charge in [0.2, 0.25) is 5.88 Å². The average Bonchev–Trinajstić information content (AvgIpc) is 3.57. The minimum atomic E-state index is -1.18. The maximum absolute atomic E-state index is 12.1. The quantitative estimate of drug-likeness (QED) is 0.290. The fraction of sp³-hybridized carbons (Fsp3) is 0.179. The van der Waals surface area contributed by atoms with Crippen LogP contribution in [0.3, 0.4) is 0 Å². The van der Waals surface area contributed by atoms with Gasteiger partial charge in [-0.2, -0.15) is 0 Å². The van der Waals surface area contributed by atoms with Crippen molar-refractivity contribution < 1.29 is 28.5 Å². The number of amides is 1. The summed E-state index contributed by atoms with van der Waals surface area (Å²) in [5.41, 5.74) is 5.13. The largest absolute Gasteiger partial charge is 0.484 e. The molecule has 2 N–H and O–H groups in total. The molecular weight excluding hydrogens is 550 g/mol. The van der Waals surface area contributed by atoms with Crippen LogP contribution >= 0.6 is 11.3 Å². The Morgan fingerprint density at radius 2 is 2.07 bits per heavy atom. The van der Waals surface area contributed by atoms with Gasteiger partial charge in [0.1, 0.15) is 16.3 Å². The molecule has 3 aromatic carbocycles. The van der Waals surface area contributed by atoms with Gasteiger partial charge in [0.05, 0.1) is 47.6 Å². The number of H-pyrrole nitrogens is 1. The summed E-state index contributed by atoms with van der Waals surface area (Å²) in [6, 6.07) is 12.3. The van der Waals surface area contributed by atoms with E-state index in [1.165, 1.54) is 17.4 Å². The van der Waals surface area contributed by atoms with E-state index >= 15 is 0 Å². The molecule has 6 aromatic rings. The predicted molar refractivity (Wildman–Crippen MR) is 152 cm³/mol. The van der Waals surface area contributed by atoms with Crippen LogP contribution in [0.4, 0.5) is 10.5 Å². The lowest BCUT2D eigenvalue weighted by molar-refractivity contribution is 0.0962. The molecule has 1 aliphatic rings. The molecule has 0 fully saturated rings. The Balaban J connectivity index is 1.19. The zero-order chi connectivity index (χ0) is 28.2. The minimum absolute atomic E-state index is 0.00166. The van der Waals surface area contributed by atoms with Gasteiger partial charge >= 0.3 is 11.8 Å². The second-order valence-electron chi connectivity index (χ2n) is 9.49. The average molecular weight is 572 g/mol.